The molecule has 0 aliphatic heterocycles. The SMILES string of the molecule is CCCCCCCCCCCCCCC(=O)O[C@@H](COC(=O)CCCCCCCCCCCCCCCCCCC(C)C)COC(=O)CCCCCCCCCC(C)C. The van der Waals surface area contributed by atoms with Crippen LogP contribution < -0.4 is 0 Å². The van der Waals surface area contributed by atoms with Crippen molar-refractivity contribution in [3.8, 4) is 0 Å². The molecule has 0 aliphatic carbocycles. The van der Waals surface area contributed by atoms with E-state index in [9.17, 15) is 14.4 Å². The van der Waals surface area contributed by atoms with Crippen LogP contribution in [0.3, 0.4) is 0 Å². The molecule has 0 saturated heterocycles. The molecule has 0 aromatic rings. The van der Waals surface area contributed by atoms with Crippen molar-refractivity contribution in [2.45, 2.75) is 298 Å². The standard InChI is InChI=1S/C53H102O6/c1-6-7-8-9-10-11-12-20-24-29-35-40-45-53(56)59-50(47-58-52(55)44-39-34-30-25-27-32-37-42-49(4)5)46-57-51(54)43-38-33-28-23-21-18-16-14-13-15-17-19-22-26-31-36-41-48(2)3/h48-50H,6-47H2,1-5H3/t50-/m0/s1. The minimum atomic E-state index is -0.761. The molecule has 59 heavy (non-hydrogen) atoms. The summed E-state index contributed by atoms with van der Waals surface area (Å²) in [6.07, 6.45) is 46.7. The molecule has 0 rings (SSSR count). The molecule has 0 aromatic heterocycles. The minimum absolute atomic E-state index is 0.0639. The van der Waals surface area contributed by atoms with E-state index in [0.29, 0.717) is 19.3 Å². The highest BCUT2D eigenvalue weighted by Gasteiger charge is 2.19. The summed E-state index contributed by atoms with van der Waals surface area (Å²) in [5, 5.41) is 0. The topological polar surface area (TPSA) is 78.9 Å². The fourth-order valence-corrected chi connectivity index (χ4v) is 7.99. The maximum absolute atomic E-state index is 12.8. The Morgan fingerprint density at radius 2 is 0.559 bits per heavy atom. The van der Waals surface area contributed by atoms with Crippen LogP contribution in [-0.4, -0.2) is 37.2 Å². The maximum Gasteiger partial charge on any atom is 0.306 e. The Morgan fingerprint density at radius 1 is 0.322 bits per heavy atom. The van der Waals surface area contributed by atoms with E-state index in [1.807, 2.05) is 0 Å². The van der Waals surface area contributed by atoms with Crippen molar-refractivity contribution in [1.82, 2.24) is 0 Å². The molecule has 0 aliphatic rings. The number of ether oxygens (including phenoxy) is 3. The molecule has 0 bridgehead atoms. The molecular formula is C53H102O6. The van der Waals surface area contributed by atoms with Gasteiger partial charge in [0.25, 0.3) is 0 Å². The van der Waals surface area contributed by atoms with Gasteiger partial charge in [0, 0.05) is 19.3 Å². The van der Waals surface area contributed by atoms with E-state index in [4.69, 9.17) is 14.2 Å². The smallest absolute Gasteiger partial charge is 0.306 e. The van der Waals surface area contributed by atoms with Crippen LogP contribution in [0.25, 0.3) is 0 Å². The Labute approximate surface area is 368 Å². The summed E-state index contributed by atoms with van der Waals surface area (Å²) < 4.78 is 16.8. The van der Waals surface area contributed by atoms with Crippen molar-refractivity contribution in [1.29, 1.82) is 0 Å². The Kier molecular flexibility index (Phi) is 44.7. The maximum atomic E-state index is 12.8. The van der Waals surface area contributed by atoms with Crippen LogP contribution in [0.1, 0.15) is 291 Å². The van der Waals surface area contributed by atoms with E-state index in [-0.39, 0.29) is 31.1 Å². The average molecular weight is 835 g/mol. The molecule has 6 nitrogen and oxygen atoms in total. The number of hydrogen-bond acceptors (Lipinski definition) is 6. The second kappa shape index (κ2) is 45.9. The number of carbonyl (C=O) groups is 3. The lowest BCUT2D eigenvalue weighted by Gasteiger charge is -2.18. The van der Waals surface area contributed by atoms with Gasteiger partial charge < -0.3 is 14.2 Å². The van der Waals surface area contributed by atoms with E-state index in [0.717, 1.165) is 69.6 Å². The van der Waals surface area contributed by atoms with Gasteiger partial charge in [0.05, 0.1) is 0 Å². The number of unbranched alkanes of at least 4 members (excludes halogenated alkanes) is 32. The van der Waals surface area contributed by atoms with Gasteiger partial charge in [0.1, 0.15) is 13.2 Å². The first-order valence-corrected chi connectivity index (χ1v) is 26.2. The molecule has 0 saturated carbocycles. The molecule has 0 spiro atoms. The zero-order valence-electron chi connectivity index (χ0n) is 40.4. The monoisotopic (exact) mass is 835 g/mol. The Bertz CT molecular complexity index is 900. The zero-order chi connectivity index (χ0) is 43.3. The van der Waals surface area contributed by atoms with Crippen LogP contribution in [0.4, 0.5) is 0 Å². The van der Waals surface area contributed by atoms with Gasteiger partial charge in [-0.2, -0.15) is 0 Å². The molecule has 0 N–H and O–H groups in total. The molecular weight excluding hydrogens is 733 g/mol. The summed E-state index contributed by atoms with van der Waals surface area (Å²) in [5.74, 6) is 0.784. The van der Waals surface area contributed by atoms with Crippen molar-refractivity contribution in [3.05, 3.63) is 0 Å². The summed E-state index contributed by atoms with van der Waals surface area (Å²) in [5.41, 5.74) is 0. The Morgan fingerprint density at radius 3 is 0.831 bits per heavy atom. The first kappa shape index (κ1) is 57.4. The van der Waals surface area contributed by atoms with Gasteiger partial charge in [-0.3, -0.25) is 14.4 Å². The number of rotatable bonds is 47. The average Bonchev–Trinajstić information content (AvgIpc) is 3.20. The lowest BCUT2D eigenvalue weighted by Crippen LogP contribution is -2.30. The first-order valence-electron chi connectivity index (χ1n) is 26.2. The molecule has 1 atom stereocenters. The van der Waals surface area contributed by atoms with Crippen LogP contribution in [0.2, 0.25) is 0 Å². The van der Waals surface area contributed by atoms with Crippen molar-refractivity contribution in [2.24, 2.45) is 11.8 Å². The van der Waals surface area contributed by atoms with Crippen molar-refractivity contribution >= 4 is 17.9 Å². The fourth-order valence-electron chi connectivity index (χ4n) is 7.99. The van der Waals surface area contributed by atoms with Gasteiger partial charge in [-0.05, 0) is 31.1 Å². The molecule has 0 amide bonds. The highest BCUT2D eigenvalue weighted by Crippen LogP contribution is 2.17. The lowest BCUT2D eigenvalue weighted by molar-refractivity contribution is -0.167. The zero-order valence-corrected chi connectivity index (χ0v) is 40.4. The summed E-state index contributed by atoms with van der Waals surface area (Å²) in [6.45, 7) is 11.3. The third-order valence-corrected chi connectivity index (χ3v) is 12.0. The summed E-state index contributed by atoms with van der Waals surface area (Å²) in [7, 11) is 0. The van der Waals surface area contributed by atoms with Gasteiger partial charge in [-0.25, -0.2) is 0 Å². The fraction of sp³-hybridized carbons (Fsp3) is 0.943. The van der Waals surface area contributed by atoms with Crippen LogP contribution in [-0.2, 0) is 28.6 Å². The van der Waals surface area contributed by atoms with Crippen LogP contribution in [0, 0.1) is 11.8 Å². The largest absolute Gasteiger partial charge is 0.462 e. The third kappa shape index (κ3) is 47.3. The number of hydrogen-bond donors (Lipinski definition) is 0. The quantitative estimate of drug-likeness (QED) is 0.0345. The lowest BCUT2D eigenvalue weighted by atomic mass is 10.0. The summed E-state index contributed by atoms with van der Waals surface area (Å²) in [6, 6.07) is 0. The Hall–Kier alpha value is -1.59. The van der Waals surface area contributed by atoms with Crippen LogP contribution in [0.5, 0.6) is 0 Å². The predicted molar refractivity (Wildman–Crippen MR) is 252 cm³/mol. The predicted octanol–water partition coefficient (Wildman–Crippen LogP) is 16.9. The molecule has 0 radical (unpaired) electrons. The van der Waals surface area contributed by atoms with Crippen molar-refractivity contribution in [2.75, 3.05) is 13.2 Å². The minimum Gasteiger partial charge on any atom is -0.462 e. The van der Waals surface area contributed by atoms with Gasteiger partial charge in [0.15, 0.2) is 6.10 Å². The van der Waals surface area contributed by atoms with E-state index in [2.05, 4.69) is 34.6 Å². The second-order valence-electron chi connectivity index (χ2n) is 19.1. The van der Waals surface area contributed by atoms with Gasteiger partial charge in [0.2, 0.25) is 0 Å². The van der Waals surface area contributed by atoms with Crippen molar-refractivity contribution < 1.29 is 28.6 Å². The van der Waals surface area contributed by atoms with Crippen LogP contribution >= 0.6 is 0 Å². The summed E-state index contributed by atoms with van der Waals surface area (Å²) >= 11 is 0. The molecule has 0 aromatic carbocycles. The third-order valence-electron chi connectivity index (χ3n) is 12.0. The molecule has 350 valence electrons. The van der Waals surface area contributed by atoms with Gasteiger partial charge in [-0.1, -0.05) is 253 Å². The van der Waals surface area contributed by atoms with Gasteiger partial charge >= 0.3 is 17.9 Å². The van der Waals surface area contributed by atoms with Crippen LogP contribution in [0.15, 0.2) is 0 Å². The van der Waals surface area contributed by atoms with Gasteiger partial charge in [-0.15, -0.1) is 0 Å². The highest BCUT2D eigenvalue weighted by atomic mass is 16.6. The molecule has 0 fully saturated rings. The normalized spacial score (nSPS) is 12.1. The first-order chi connectivity index (χ1) is 28.7. The number of esters is 3. The van der Waals surface area contributed by atoms with E-state index in [1.54, 1.807) is 0 Å². The Balaban J connectivity index is 4.23. The second-order valence-corrected chi connectivity index (χ2v) is 19.1. The van der Waals surface area contributed by atoms with Crippen molar-refractivity contribution in [3.63, 3.8) is 0 Å². The van der Waals surface area contributed by atoms with E-state index in [1.165, 1.54) is 180 Å². The summed E-state index contributed by atoms with van der Waals surface area (Å²) in [4.78, 5) is 37.9. The molecule has 6 heteroatoms. The van der Waals surface area contributed by atoms with E-state index < -0.39 is 6.10 Å². The molecule has 0 unspecified atom stereocenters. The number of carbonyl (C=O) groups excluding carboxylic acids is 3. The van der Waals surface area contributed by atoms with E-state index >= 15 is 0 Å². The molecule has 0 heterocycles. The highest BCUT2D eigenvalue weighted by molar-refractivity contribution is 5.71.